The van der Waals surface area contributed by atoms with Crippen LogP contribution in [0.4, 0.5) is 0 Å². The molecule has 0 bridgehead atoms. The lowest BCUT2D eigenvalue weighted by Crippen LogP contribution is -2.24. The van der Waals surface area contributed by atoms with Crippen molar-refractivity contribution in [3.05, 3.63) is 47.0 Å². The van der Waals surface area contributed by atoms with Gasteiger partial charge < -0.3 is 9.84 Å². The molecule has 3 heteroatoms. The zero-order valence-corrected chi connectivity index (χ0v) is 11.2. The van der Waals surface area contributed by atoms with Gasteiger partial charge in [0.2, 0.25) is 0 Å². The average molecular weight is 260 g/mol. The van der Waals surface area contributed by atoms with Crippen molar-refractivity contribution in [3.8, 4) is 0 Å². The molecule has 0 aliphatic carbocycles. The molecule has 1 aliphatic rings. The third kappa shape index (κ3) is 1.93. The van der Waals surface area contributed by atoms with E-state index in [0.717, 1.165) is 29.9 Å². The maximum absolute atomic E-state index is 10.8. The molecule has 0 radical (unpaired) electrons. The fraction of sp³-hybridized carbons (Fsp3) is 0.333. The highest BCUT2D eigenvalue weighted by Gasteiger charge is 2.31. The minimum absolute atomic E-state index is 0.756. The molecule has 0 amide bonds. The third-order valence-corrected chi connectivity index (χ3v) is 4.79. The van der Waals surface area contributed by atoms with Gasteiger partial charge >= 0.3 is 0 Å². The number of rotatable bonds is 2. The number of hydrogen-bond acceptors (Lipinski definition) is 3. The van der Waals surface area contributed by atoms with Crippen molar-refractivity contribution in [2.24, 2.45) is 0 Å². The summed E-state index contributed by atoms with van der Waals surface area (Å²) >= 11 is 1.65. The second kappa shape index (κ2) is 4.41. The van der Waals surface area contributed by atoms with E-state index in [1.54, 1.807) is 17.6 Å². The highest BCUT2D eigenvalue weighted by atomic mass is 32.1. The Kier molecular flexibility index (Phi) is 2.88. The first-order valence-corrected chi connectivity index (χ1v) is 7.02. The van der Waals surface area contributed by atoms with Crippen LogP contribution in [-0.4, -0.2) is 11.7 Å². The van der Waals surface area contributed by atoms with Gasteiger partial charge in [0.1, 0.15) is 5.60 Å². The molecule has 94 valence electrons. The molecule has 0 saturated carbocycles. The van der Waals surface area contributed by atoms with Gasteiger partial charge in [0.05, 0.1) is 12.9 Å². The molecule has 1 aromatic carbocycles. The molecule has 1 N–H and O–H groups in total. The molecule has 0 fully saturated rings. The van der Waals surface area contributed by atoms with E-state index in [0.29, 0.717) is 0 Å². The number of ether oxygens (including phenoxy) is 1. The summed E-state index contributed by atoms with van der Waals surface area (Å²) in [6.45, 7) is 2.62. The van der Waals surface area contributed by atoms with Gasteiger partial charge in [-0.3, -0.25) is 0 Å². The van der Waals surface area contributed by atoms with Crippen molar-refractivity contribution in [3.63, 3.8) is 0 Å². The molecule has 0 spiro atoms. The first-order valence-electron chi connectivity index (χ1n) is 6.20. The van der Waals surface area contributed by atoms with Crippen LogP contribution in [-0.2, 0) is 10.3 Å². The monoisotopic (exact) mass is 260 g/mol. The quantitative estimate of drug-likeness (QED) is 0.890. The van der Waals surface area contributed by atoms with E-state index >= 15 is 0 Å². The summed E-state index contributed by atoms with van der Waals surface area (Å²) < 4.78 is 6.56. The average Bonchev–Trinajstić information content (AvgIpc) is 2.84. The van der Waals surface area contributed by atoms with Gasteiger partial charge in [-0.2, -0.15) is 0 Å². The van der Waals surface area contributed by atoms with Gasteiger partial charge in [0, 0.05) is 15.2 Å². The number of aliphatic hydroxyl groups is 1. The molecule has 1 unspecified atom stereocenters. The van der Waals surface area contributed by atoms with Crippen molar-refractivity contribution in [2.75, 3.05) is 6.61 Å². The Morgan fingerprint density at radius 3 is 2.89 bits per heavy atom. The largest absolute Gasteiger partial charge is 0.501 e. The van der Waals surface area contributed by atoms with Crippen molar-refractivity contribution < 1.29 is 9.84 Å². The van der Waals surface area contributed by atoms with Crippen molar-refractivity contribution in [1.82, 2.24) is 0 Å². The van der Waals surface area contributed by atoms with Gasteiger partial charge in [-0.25, -0.2) is 0 Å². The zero-order valence-electron chi connectivity index (χ0n) is 10.3. The number of fused-ring (bicyclic) bond motifs is 1. The smallest absolute Gasteiger partial charge is 0.120 e. The number of thiophene rings is 1. The zero-order chi connectivity index (χ0) is 12.6. The highest BCUT2D eigenvalue weighted by Crippen LogP contribution is 2.39. The fourth-order valence-electron chi connectivity index (χ4n) is 2.30. The lowest BCUT2D eigenvalue weighted by Gasteiger charge is -2.27. The van der Waals surface area contributed by atoms with E-state index in [9.17, 15) is 5.11 Å². The summed E-state index contributed by atoms with van der Waals surface area (Å²) in [7, 11) is 0. The molecule has 3 rings (SSSR count). The van der Waals surface area contributed by atoms with Crippen LogP contribution in [0.5, 0.6) is 0 Å². The molecule has 0 saturated heterocycles. The predicted molar refractivity (Wildman–Crippen MR) is 74.7 cm³/mol. The van der Waals surface area contributed by atoms with Crippen LogP contribution in [0.2, 0.25) is 0 Å². The summed E-state index contributed by atoms with van der Waals surface area (Å²) in [5.74, 6) is 0. The Labute approximate surface area is 111 Å². The predicted octanol–water partition coefficient (Wildman–Crippen LogP) is 3.80. The van der Waals surface area contributed by atoms with Gasteiger partial charge in [0.25, 0.3) is 0 Å². The summed E-state index contributed by atoms with van der Waals surface area (Å²) in [6, 6.07) is 10.3. The number of benzene rings is 1. The Hall–Kier alpha value is -1.32. The fourth-order valence-corrected chi connectivity index (χ4v) is 3.45. The molecule has 2 aromatic rings. The first kappa shape index (κ1) is 11.8. The van der Waals surface area contributed by atoms with Crippen LogP contribution in [0.1, 0.15) is 24.6 Å². The van der Waals surface area contributed by atoms with Crippen LogP contribution in [0, 0.1) is 0 Å². The highest BCUT2D eigenvalue weighted by molar-refractivity contribution is 7.19. The van der Waals surface area contributed by atoms with E-state index in [4.69, 9.17) is 4.74 Å². The Balaban J connectivity index is 2.04. The molecule has 18 heavy (non-hydrogen) atoms. The Bertz CT molecular complexity index is 562. The van der Waals surface area contributed by atoms with Crippen LogP contribution in [0.15, 0.2) is 42.2 Å². The van der Waals surface area contributed by atoms with Crippen molar-refractivity contribution in [2.45, 2.75) is 25.4 Å². The minimum atomic E-state index is -0.913. The van der Waals surface area contributed by atoms with Gasteiger partial charge in [-0.15, -0.1) is 11.3 Å². The van der Waals surface area contributed by atoms with Gasteiger partial charge in [-0.1, -0.05) is 18.2 Å². The molecule has 1 aliphatic heterocycles. The second-order valence-electron chi connectivity index (χ2n) is 4.84. The van der Waals surface area contributed by atoms with Gasteiger partial charge in [-0.05, 0) is 37.3 Å². The van der Waals surface area contributed by atoms with Crippen molar-refractivity contribution >= 4 is 21.4 Å². The van der Waals surface area contributed by atoms with E-state index < -0.39 is 5.60 Å². The van der Waals surface area contributed by atoms with Crippen molar-refractivity contribution in [1.29, 1.82) is 0 Å². The molecular formula is C15H16O2S. The molecule has 2 heterocycles. The maximum Gasteiger partial charge on any atom is 0.120 e. The van der Waals surface area contributed by atoms with Crippen LogP contribution < -0.4 is 0 Å². The molecular weight excluding hydrogens is 244 g/mol. The standard InChI is InChI=1S/C15H16O2S/c1-15(16,12-6-4-8-17-10-12)14-9-11-5-2-3-7-13(11)18-14/h2-3,5,7,9-10,16H,4,6,8H2,1H3. The van der Waals surface area contributed by atoms with E-state index in [-0.39, 0.29) is 0 Å². The lowest BCUT2D eigenvalue weighted by molar-refractivity contribution is 0.0821. The minimum Gasteiger partial charge on any atom is -0.501 e. The summed E-state index contributed by atoms with van der Waals surface area (Å²) in [6.07, 6.45) is 3.61. The normalized spacial score (nSPS) is 19.1. The Morgan fingerprint density at radius 1 is 1.33 bits per heavy atom. The van der Waals surface area contributed by atoms with Gasteiger partial charge in [0.15, 0.2) is 0 Å². The topological polar surface area (TPSA) is 29.5 Å². The van der Waals surface area contributed by atoms with Crippen LogP contribution in [0.25, 0.3) is 10.1 Å². The SMILES string of the molecule is CC(O)(C1=COCCC1)c1cc2ccccc2s1. The summed E-state index contributed by atoms with van der Waals surface area (Å²) in [5, 5.41) is 12.0. The summed E-state index contributed by atoms with van der Waals surface area (Å²) in [5.41, 5.74) is 0.0599. The lowest BCUT2D eigenvalue weighted by atomic mass is 9.90. The molecule has 2 nitrogen and oxygen atoms in total. The van der Waals surface area contributed by atoms with Crippen LogP contribution in [0.3, 0.4) is 0 Å². The molecule has 1 atom stereocenters. The number of hydrogen-bond donors (Lipinski definition) is 1. The van der Waals surface area contributed by atoms with Crippen LogP contribution >= 0.6 is 11.3 Å². The Morgan fingerprint density at radius 2 is 2.17 bits per heavy atom. The summed E-state index contributed by atoms with van der Waals surface area (Å²) in [4.78, 5) is 0.987. The van der Waals surface area contributed by atoms with E-state index in [2.05, 4.69) is 18.2 Å². The second-order valence-corrected chi connectivity index (χ2v) is 5.92. The third-order valence-electron chi connectivity index (χ3n) is 3.46. The van der Waals surface area contributed by atoms with E-state index in [1.807, 2.05) is 19.1 Å². The molecule has 1 aromatic heterocycles. The maximum atomic E-state index is 10.8. The first-order chi connectivity index (χ1) is 8.68. The van der Waals surface area contributed by atoms with E-state index in [1.165, 1.54) is 10.1 Å².